The predicted octanol–water partition coefficient (Wildman–Crippen LogP) is 0.197. The van der Waals surface area contributed by atoms with Gasteiger partial charge in [-0.1, -0.05) is 6.42 Å². The van der Waals surface area contributed by atoms with Gasteiger partial charge in [-0.3, -0.25) is 0 Å². The summed E-state index contributed by atoms with van der Waals surface area (Å²) in [5, 5.41) is 12.8. The van der Waals surface area contributed by atoms with Gasteiger partial charge in [-0.2, -0.15) is 0 Å². The van der Waals surface area contributed by atoms with Crippen LogP contribution in [0.2, 0.25) is 0 Å². The Balaban J connectivity index is 1.36. The molecular weight excluding hydrogens is 395 g/mol. The number of halogens is 1. The molecule has 2 saturated heterocycles. The van der Waals surface area contributed by atoms with Crippen LogP contribution in [-0.2, 0) is 11.3 Å². The first-order chi connectivity index (χ1) is 15.3. The highest BCUT2D eigenvalue weighted by atomic mass is 19.1. The zero-order chi connectivity index (χ0) is 21.0. The van der Waals surface area contributed by atoms with Crippen molar-refractivity contribution in [1.29, 1.82) is 0 Å². The molecule has 0 unspecified atom stereocenters. The Bertz CT molecular complexity index is 823. The first-order valence-electron chi connectivity index (χ1n) is 12.1. The number of benzene rings is 1. The van der Waals surface area contributed by atoms with Crippen LogP contribution < -0.4 is 9.80 Å². The van der Waals surface area contributed by atoms with Gasteiger partial charge in [-0.05, 0) is 73.2 Å². The normalized spacial score (nSPS) is 28.6. The maximum absolute atomic E-state index is 13.7. The molecule has 1 aromatic carbocycles. The second kappa shape index (κ2) is 9.71. The van der Waals surface area contributed by atoms with E-state index >= 15 is 0 Å². The summed E-state index contributed by atoms with van der Waals surface area (Å²) in [6, 6.07) is 7.77. The number of nitrogens with one attached hydrogen (secondary N) is 2. The number of nitrogens with zero attached hydrogens (tertiary/aromatic N) is 4. The summed E-state index contributed by atoms with van der Waals surface area (Å²) in [7, 11) is 0. The van der Waals surface area contributed by atoms with Crippen LogP contribution in [-0.4, -0.2) is 65.1 Å². The van der Waals surface area contributed by atoms with Crippen molar-refractivity contribution in [1.82, 2.24) is 20.2 Å². The highest BCUT2D eigenvalue weighted by molar-refractivity contribution is 5.23. The number of tetrazole rings is 1. The van der Waals surface area contributed by atoms with E-state index in [9.17, 15) is 4.39 Å². The summed E-state index contributed by atoms with van der Waals surface area (Å²) in [6.07, 6.45) is 9.27. The molecule has 2 atom stereocenters. The Morgan fingerprint density at radius 1 is 1.00 bits per heavy atom. The fraction of sp³-hybridized carbons (Fsp3) is 0.696. The van der Waals surface area contributed by atoms with Crippen molar-refractivity contribution >= 4 is 0 Å². The van der Waals surface area contributed by atoms with E-state index < -0.39 is 0 Å². The molecule has 2 N–H and O–H groups in total. The predicted molar refractivity (Wildman–Crippen MR) is 113 cm³/mol. The van der Waals surface area contributed by atoms with Crippen LogP contribution >= 0.6 is 0 Å². The lowest BCUT2D eigenvalue weighted by atomic mass is 9.93. The van der Waals surface area contributed by atoms with Crippen LogP contribution in [0.1, 0.15) is 62.4 Å². The van der Waals surface area contributed by atoms with Crippen LogP contribution in [0.3, 0.4) is 0 Å². The molecule has 0 spiro atoms. The molecule has 0 amide bonds. The van der Waals surface area contributed by atoms with Crippen LogP contribution in [0.15, 0.2) is 24.3 Å². The molecule has 31 heavy (non-hydrogen) atoms. The summed E-state index contributed by atoms with van der Waals surface area (Å²) in [6.45, 7) is 6.05. The SMILES string of the molecule is Fc1ccc([C@@H](c2nnnn2C[C@H]2CCCO2)[NH+]2CC[NH+](C3CCCCC3)CC2)cc1. The molecule has 1 saturated carbocycles. The second-order valence-corrected chi connectivity index (χ2v) is 9.49. The number of piperazine rings is 1. The van der Waals surface area contributed by atoms with Crippen LogP contribution in [0.4, 0.5) is 4.39 Å². The largest absolute Gasteiger partial charge is 0.376 e. The molecule has 8 heteroatoms. The molecule has 1 aromatic heterocycles. The topological polar surface area (TPSA) is 61.7 Å². The standard InChI is InChI=1S/C23H33FN6O/c24-19-10-8-18(9-11-19)22(23-25-26-27-30(23)17-21-7-4-16-31-21)29-14-12-28(13-15-29)20-5-2-1-3-6-20/h8-11,20-22H,1-7,12-17H2/p+2/t21-,22+/m1/s1. The minimum Gasteiger partial charge on any atom is -0.376 e. The second-order valence-electron chi connectivity index (χ2n) is 9.49. The molecule has 7 nitrogen and oxygen atoms in total. The molecular formula is C23H35FN6O+2. The van der Waals surface area contributed by atoms with Crippen molar-refractivity contribution < 1.29 is 18.9 Å². The van der Waals surface area contributed by atoms with Gasteiger partial charge in [0.25, 0.3) is 0 Å². The van der Waals surface area contributed by atoms with Gasteiger partial charge in [0.2, 0.25) is 5.82 Å². The van der Waals surface area contributed by atoms with E-state index in [2.05, 4.69) is 15.5 Å². The number of rotatable bonds is 6. The maximum atomic E-state index is 13.7. The number of quaternary nitrogens is 2. The number of hydrogen-bond donors (Lipinski definition) is 2. The molecule has 2 aliphatic heterocycles. The molecule has 3 aliphatic rings. The van der Waals surface area contributed by atoms with E-state index in [0.29, 0.717) is 6.54 Å². The van der Waals surface area contributed by atoms with Crippen molar-refractivity contribution in [3.63, 3.8) is 0 Å². The van der Waals surface area contributed by atoms with E-state index in [4.69, 9.17) is 4.74 Å². The van der Waals surface area contributed by atoms with E-state index in [-0.39, 0.29) is 18.0 Å². The lowest BCUT2D eigenvalue weighted by molar-refractivity contribution is -1.03. The average Bonchev–Trinajstić information content (AvgIpc) is 3.49. The minimum atomic E-state index is -0.206. The molecule has 2 aromatic rings. The fourth-order valence-electron chi connectivity index (χ4n) is 5.85. The van der Waals surface area contributed by atoms with Crippen molar-refractivity contribution in [2.45, 2.75) is 69.7 Å². The van der Waals surface area contributed by atoms with Crippen molar-refractivity contribution in [3.05, 3.63) is 41.5 Å². The summed E-state index contributed by atoms with van der Waals surface area (Å²) < 4.78 is 21.4. The number of hydrogen-bond acceptors (Lipinski definition) is 4. The van der Waals surface area contributed by atoms with E-state index in [1.165, 1.54) is 50.1 Å². The lowest BCUT2D eigenvalue weighted by Gasteiger charge is -2.38. The van der Waals surface area contributed by atoms with Gasteiger partial charge in [-0.15, -0.1) is 5.10 Å². The highest BCUT2D eigenvalue weighted by Crippen LogP contribution is 2.20. The Morgan fingerprint density at radius 3 is 2.48 bits per heavy atom. The van der Waals surface area contributed by atoms with Gasteiger partial charge in [-0.25, -0.2) is 9.07 Å². The highest BCUT2D eigenvalue weighted by Gasteiger charge is 2.38. The zero-order valence-electron chi connectivity index (χ0n) is 18.3. The molecule has 0 bridgehead atoms. The van der Waals surface area contributed by atoms with Gasteiger partial charge >= 0.3 is 0 Å². The summed E-state index contributed by atoms with van der Waals surface area (Å²) >= 11 is 0. The van der Waals surface area contributed by atoms with Crippen LogP contribution in [0, 0.1) is 5.82 Å². The van der Waals surface area contributed by atoms with Crippen molar-refractivity contribution in [3.8, 4) is 0 Å². The maximum Gasteiger partial charge on any atom is 0.214 e. The third-order valence-corrected chi connectivity index (χ3v) is 7.55. The van der Waals surface area contributed by atoms with Gasteiger partial charge < -0.3 is 14.5 Å². The molecule has 0 radical (unpaired) electrons. The van der Waals surface area contributed by atoms with Crippen molar-refractivity contribution in [2.24, 2.45) is 0 Å². The molecule has 3 fully saturated rings. The van der Waals surface area contributed by atoms with Gasteiger partial charge in [0.05, 0.1) is 18.7 Å². The Morgan fingerprint density at radius 2 is 1.77 bits per heavy atom. The number of ether oxygens (including phenoxy) is 1. The van der Waals surface area contributed by atoms with Gasteiger partial charge in [0, 0.05) is 12.2 Å². The van der Waals surface area contributed by atoms with Gasteiger partial charge in [0.15, 0.2) is 6.04 Å². The Hall–Kier alpha value is -1.90. The molecule has 168 valence electrons. The fourth-order valence-corrected chi connectivity index (χ4v) is 5.85. The smallest absolute Gasteiger partial charge is 0.214 e. The monoisotopic (exact) mass is 430 g/mol. The van der Waals surface area contributed by atoms with E-state index in [1.54, 1.807) is 17.0 Å². The lowest BCUT2D eigenvalue weighted by Crippen LogP contribution is -3.29. The van der Waals surface area contributed by atoms with E-state index in [0.717, 1.165) is 50.0 Å². The zero-order valence-corrected chi connectivity index (χ0v) is 18.3. The van der Waals surface area contributed by atoms with E-state index in [1.807, 2.05) is 16.8 Å². The van der Waals surface area contributed by atoms with Crippen molar-refractivity contribution in [2.75, 3.05) is 32.8 Å². The van der Waals surface area contributed by atoms with Crippen LogP contribution in [0.5, 0.6) is 0 Å². The first kappa shape index (κ1) is 21.0. The summed E-state index contributed by atoms with van der Waals surface area (Å²) in [5.74, 6) is 0.668. The third kappa shape index (κ3) is 4.81. The van der Waals surface area contributed by atoms with Gasteiger partial charge in [0.1, 0.15) is 32.0 Å². The third-order valence-electron chi connectivity index (χ3n) is 7.55. The molecule has 5 rings (SSSR count). The molecule has 3 heterocycles. The Labute approximate surface area is 183 Å². The first-order valence-corrected chi connectivity index (χ1v) is 12.1. The molecule has 1 aliphatic carbocycles. The summed E-state index contributed by atoms with van der Waals surface area (Å²) in [5.41, 5.74) is 1.08. The minimum absolute atomic E-state index is 0.0184. The average molecular weight is 431 g/mol. The Kier molecular flexibility index (Phi) is 6.57. The summed E-state index contributed by atoms with van der Waals surface area (Å²) in [4.78, 5) is 3.26. The quantitative estimate of drug-likeness (QED) is 0.687. The van der Waals surface area contributed by atoms with Crippen LogP contribution in [0.25, 0.3) is 0 Å². The number of aromatic nitrogens is 4.